The van der Waals surface area contributed by atoms with Gasteiger partial charge in [0.25, 0.3) is 0 Å². The van der Waals surface area contributed by atoms with E-state index in [1.807, 2.05) is 51.2 Å². The monoisotopic (exact) mass is 250 g/mol. The summed E-state index contributed by atoms with van der Waals surface area (Å²) in [5.41, 5.74) is 2.61. The van der Waals surface area contributed by atoms with Gasteiger partial charge >= 0.3 is 5.97 Å². The number of carbonyl (C=O) groups is 1. The van der Waals surface area contributed by atoms with Crippen molar-refractivity contribution in [3.63, 3.8) is 0 Å². The minimum absolute atomic E-state index is 0.203. The third kappa shape index (κ3) is 4.13. The Kier molecular flexibility index (Phi) is 5.31. The van der Waals surface area contributed by atoms with Crippen molar-refractivity contribution in [1.29, 1.82) is 0 Å². The highest BCUT2D eigenvalue weighted by Crippen LogP contribution is 2.23. The first kappa shape index (κ1) is 14.7. The molecule has 4 heteroatoms. The van der Waals surface area contributed by atoms with Crippen LogP contribution in [0.5, 0.6) is 5.75 Å². The molecule has 0 bridgehead atoms. The molecule has 1 N–H and O–H groups in total. The molecule has 0 saturated carbocycles. The molecule has 1 unspecified atom stereocenters. The average molecular weight is 250 g/mol. The summed E-state index contributed by atoms with van der Waals surface area (Å²) in [6.07, 6.45) is 0.722. The summed E-state index contributed by atoms with van der Waals surface area (Å²) in [6, 6.07) is 9.17. The van der Waals surface area contributed by atoms with E-state index in [2.05, 4.69) is 5.43 Å². The maximum Gasteiger partial charge on any atom is 0.318 e. The number of hydrazine groups is 1. The normalized spacial score (nSPS) is 14.3. The van der Waals surface area contributed by atoms with Crippen LogP contribution in [0.25, 0.3) is 0 Å². The third-order valence-corrected chi connectivity index (χ3v) is 3.01. The molecule has 0 amide bonds. The molecule has 0 heterocycles. The fraction of sp³-hybridized carbons (Fsp3) is 0.500. The second kappa shape index (κ2) is 6.52. The van der Waals surface area contributed by atoms with Crippen LogP contribution < -0.4 is 10.2 Å². The molecule has 0 spiro atoms. The van der Waals surface area contributed by atoms with Gasteiger partial charge in [-0.05, 0) is 25.5 Å². The van der Waals surface area contributed by atoms with E-state index in [0.717, 1.165) is 6.42 Å². The number of benzene rings is 1. The Balaban J connectivity index is 2.67. The summed E-state index contributed by atoms with van der Waals surface area (Å²) in [7, 11) is 3.80. The fourth-order valence-corrected chi connectivity index (χ4v) is 1.39. The van der Waals surface area contributed by atoms with Crippen molar-refractivity contribution in [1.82, 2.24) is 10.4 Å². The van der Waals surface area contributed by atoms with Crippen LogP contribution in [0.4, 0.5) is 0 Å². The van der Waals surface area contributed by atoms with Gasteiger partial charge in [-0.25, -0.2) is 0 Å². The molecule has 0 aliphatic rings. The lowest BCUT2D eigenvalue weighted by Crippen LogP contribution is -2.45. The van der Waals surface area contributed by atoms with Gasteiger partial charge in [0.05, 0.1) is 5.41 Å². The first-order chi connectivity index (χ1) is 8.48. The number of nitrogens with zero attached hydrogens (tertiary/aromatic N) is 1. The van der Waals surface area contributed by atoms with Crippen LogP contribution in [-0.2, 0) is 4.79 Å². The van der Waals surface area contributed by atoms with Crippen molar-refractivity contribution in [2.24, 2.45) is 5.41 Å². The zero-order valence-corrected chi connectivity index (χ0v) is 11.6. The minimum Gasteiger partial charge on any atom is -0.426 e. The van der Waals surface area contributed by atoms with Crippen LogP contribution >= 0.6 is 0 Å². The predicted octanol–water partition coefficient (Wildman–Crippen LogP) is 2.07. The quantitative estimate of drug-likeness (QED) is 0.477. The highest BCUT2D eigenvalue weighted by atomic mass is 16.5. The van der Waals surface area contributed by atoms with Crippen molar-refractivity contribution in [2.75, 3.05) is 20.6 Å². The second-order valence-corrected chi connectivity index (χ2v) is 4.85. The molecule has 1 aromatic carbocycles. The Morgan fingerprint density at radius 3 is 2.44 bits per heavy atom. The zero-order chi connectivity index (χ0) is 13.6. The lowest BCUT2D eigenvalue weighted by atomic mass is 9.88. The molecule has 1 rings (SSSR count). The number of para-hydroxylation sites is 1. The van der Waals surface area contributed by atoms with E-state index in [9.17, 15) is 4.79 Å². The third-order valence-electron chi connectivity index (χ3n) is 3.01. The molecule has 1 atom stereocenters. The van der Waals surface area contributed by atoms with E-state index >= 15 is 0 Å². The summed E-state index contributed by atoms with van der Waals surface area (Å²) in [4.78, 5) is 12.2. The van der Waals surface area contributed by atoms with Gasteiger partial charge in [-0.15, -0.1) is 0 Å². The second-order valence-electron chi connectivity index (χ2n) is 4.85. The summed E-state index contributed by atoms with van der Waals surface area (Å²) in [5.74, 6) is 0.387. The lowest BCUT2D eigenvalue weighted by molar-refractivity contribution is -0.145. The maximum atomic E-state index is 12.2. The van der Waals surface area contributed by atoms with Crippen LogP contribution in [0, 0.1) is 5.41 Å². The van der Waals surface area contributed by atoms with Crippen molar-refractivity contribution >= 4 is 5.97 Å². The van der Waals surface area contributed by atoms with E-state index < -0.39 is 5.41 Å². The number of esters is 1. The first-order valence-corrected chi connectivity index (χ1v) is 6.16. The molecule has 0 aliphatic heterocycles. The smallest absolute Gasteiger partial charge is 0.318 e. The molecule has 0 radical (unpaired) electrons. The highest BCUT2D eigenvalue weighted by molar-refractivity contribution is 5.79. The van der Waals surface area contributed by atoms with Gasteiger partial charge in [0, 0.05) is 20.6 Å². The van der Waals surface area contributed by atoms with Gasteiger partial charge in [0.1, 0.15) is 5.75 Å². The Morgan fingerprint density at radius 2 is 1.94 bits per heavy atom. The molecule has 4 nitrogen and oxygen atoms in total. The highest BCUT2D eigenvalue weighted by Gasteiger charge is 2.33. The molecule has 0 fully saturated rings. The summed E-state index contributed by atoms with van der Waals surface area (Å²) in [6.45, 7) is 4.46. The summed E-state index contributed by atoms with van der Waals surface area (Å²) >= 11 is 0. The largest absolute Gasteiger partial charge is 0.426 e. The van der Waals surface area contributed by atoms with E-state index in [1.54, 1.807) is 12.1 Å². The molecule has 1 aromatic rings. The van der Waals surface area contributed by atoms with Gasteiger partial charge in [-0.2, -0.15) is 0 Å². The van der Waals surface area contributed by atoms with Crippen LogP contribution in [0.1, 0.15) is 20.3 Å². The average Bonchev–Trinajstić information content (AvgIpc) is 2.37. The van der Waals surface area contributed by atoms with Crippen LogP contribution in [0.15, 0.2) is 30.3 Å². The van der Waals surface area contributed by atoms with Gasteiger partial charge < -0.3 is 4.74 Å². The van der Waals surface area contributed by atoms with E-state index in [-0.39, 0.29) is 5.97 Å². The standard InChI is InChI=1S/C14H22N2O2/c1-5-14(2,11-15-16(3)4)13(17)18-12-9-7-6-8-10-12/h6-10,15H,5,11H2,1-4H3. The van der Waals surface area contributed by atoms with Crippen LogP contribution in [0.3, 0.4) is 0 Å². The van der Waals surface area contributed by atoms with E-state index in [0.29, 0.717) is 12.3 Å². The molecular weight excluding hydrogens is 228 g/mol. The number of rotatable bonds is 6. The maximum absolute atomic E-state index is 12.2. The number of ether oxygens (including phenoxy) is 1. The summed E-state index contributed by atoms with van der Waals surface area (Å²) < 4.78 is 5.41. The zero-order valence-electron chi connectivity index (χ0n) is 11.6. The van der Waals surface area contributed by atoms with E-state index in [4.69, 9.17) is 4.74 Å². The molecule has 18 heavy (non-hydrogen) atoms. The van der Waals surface area contributed by atoms with Crippen LogP contribution in [-0.4, -0.2) is 31.6 Å². The molecule has 100 valence electrons. The molecule has 0 aliphatic carbocycles. The van der Waals surface area contributed by atoms with Crippen molar-refractivity contribution in [3.8, 4) is 5.75 Å². The molecule has 0 aromatic heterocycles. The van der Waals surface area contributed by atoms with Crippen molar-refractivity contribution < 1.29 is 9.53 Å². The van der Waals surface area contributed by atoms with Crippen LogP contribution in [0.2, 0.25) is 0 Å². The number of hydrogen-bond acceptors (Lipinski definition) is 4. The number of hydrogen-bond donors (Lipinski definition) is 1. The Hall–Kier alpha value is -1.39. The van der Waals surface area contributed by atoms with E-state index in [1.165, 1.54) is 0 Å². The Bertz CT molecular complexity index is 379. The fourth-order valence-electron chi connectivity index (χ4n) is 1.39. The van der Waals surface area contributed by atoms with Gasteiger partial charge in [0.2, 0.25) is 0 Å². The number of carbonyl (C=O) groups excluding carboxylic acids is 1. The minimum atomic E-state index is -0.528. The predicted molar refractivity (Wildman–Crippen MR) is 72.2 cm³/mol. The van der Waals surface area contributed by atoms with Gasteiger partial charge in [-0.3, -0.25) is 15.2 Å². The number of nitrogens with one attached hydrogen (secondary N) is 1. The molecule has 0 saturated heterocycles. The Labute approximate surface area is 109 Å². The topological polar surface area (TPSA) is 41.6 Å². The van der Waals surface area contributed by atoms with Crippen molar-refractivity contribution in [3.05, 3.63) is 30.3 Å². The van der Waals surface area contributed by atoms with Crippen molar-refractivity contribution in [2.45, 2.75) is 20.3 Å². The van der Waals surface area contributed by atoms with Gasteiger partial charge in [-0.1, -0.05) is 25.1 Å². The summed E-state index contributed by atoms with van der Waals surface area (Å²) in [5, 5.41) is 1.84. The molecular formula is C14H22N2O2. The lowest BCUT2D eigenvalue weighted by Gasteiger charge is -2.27. The SMILES string of the molecule is CCC(C)(CNN(C)C)C(=O)Oc1ccccc1. The Morgan fingerprint density at radius 1 is 1.33 bits per heavy atom. The van der Waals surface area contributed by atoms with Gasteiger partial charge in [0.15, 0.2) is 0 Å². The first-order valence-electron chi connectivity index (χ1n) is 6.16.